The maximum atomic E-state index is 13.1. The first-order chi connectivity index (χ1) is 17.3. The first-order valence-corrected chi connectivity index (χ1v) is 12.9. The second-order valence-corrected chi connectivity index (χ2v) is 10.8. The molecule has 4 rings (SSSR count). The lowest BCUT2D eigenvalue weighted by Gasteiger charge is -2.30. The highest BCUT2D eigenvalue weighted by molar-refractivity contribution is 7.18. The van der Waals surface area contributed by atoms with E-state index in [9.17, 15) is 28.3 Å². The van der Waals surface area contributed by atoms with E-state index in [2.05, 4.69) is 15.6 Å². The van der Waals surface area contributed by atoms with E-state index in [1.165, 1.54) is 18.2 Å². The van der Waals surface area contributed by atoms with Crippen LogP contribution in [-0.4, -0.2) is 58.7 Å². The van der Waals surface area contributed by atoms with Crippen LogP contribution in [0.2, 0.25) is 4.34 Å². The van der Waals surface area contributed by atoms with Crippen LogP contribution >= 0.6 is 46.7 Å². The topological polar surface area (TPSA) is 112 Å². The molecule has 0 saturated carbocycles. The Kier molecular flexibility index (Phi) is 9.96. The summed E-state index contributed by atoms with van der Waals surface area (Å²) in [4.78, 5) is 44.1. The van der Waals surface area contributed by atoms with Crippen LogP contribution in [0.5, 0.6) is 0 Å². The van der Waals surface area contributed by atoms with Gasteiger partial charge < -0.3 is 15.7 Å². The molecule has 0 saturated heterocycles. The third kappa shape index (κ3) is 6.82. The van der Waals surface area contributed by atoms with Crippen molar-refractivity contribution in [2.75, 3.05) is 25.2 Å². The lowest BCUT2D eigenvalue weighted by molar-refractivity contribution is 0.0696. The molecule has 14 heteroatoms. The lowest BCUT2D eigenvalue weighted by Crippen LogP contribution is -2.41. The predicted molar refractivity (Wildman–Crippen MR) is 141 cm³/mol. The van der Waals surface area contributed by atoms with E-state index in [0.717, 1.165) is 27.6 Å². The van der Waals surface area contributed by atoms with Gasteiger partial charge in [0.1, 0.15) is 13.3 Å². The lowest BCUT2D eigenvalue weighted by atomic mass is 10.1. The number of hydrogen-bond acceptors (Lipinski definition) is 7. The van der Waals surface area contributed by atoms with E-state index in [4.69, 9.17) is 11.6 Å². The summed E-state index contributed by atoms with van der Waals surface area (Å²) in [7, 11) is 0. The molecular formula is C23H22Cl2F2N4O4S2. The fourth-order valence-electron chi connectivity index (χ4n) is 3.72. The molecule has 0 spiro atoms. The van der Waals surface area contributed by atoms with Crippen LogP contribution in [0, 0.1) is 0 Å². The van der Waals surface area contributed by atoms with Crippen molar-refractivity contribution in [1.29, 1.82) is 0 Å². The number of aromatic nitrogens is 1. The molecule has 8 nitrogen and oxygen atoms in total. The molecule has 0 fully saturated rings. The van der Waals surface area contributed by atoms with E-state index < -0.39 is 31.3 Å². The summed E-state index contributed by atoms with van der Waals surface area (Å²) in [5, 5.41) is 15.0. The molecule has 1 aliphatic heterocycles. The molecule has 0 unspecified atom stereocenters. The average molecular weight is 591 g/mol. The van der Waals surface area contributed by atoms with E-state index in [1.807, 2.05) is 0 Å². The molecule has 1 aliphatic rings. The summed E-state index contributed by atoms with van der Waals surface area (Å²) in [5.74, 6) is -2.08. The number of nitrogens with zero attached hydrogens (tertiary/aromatic N) is 2. The second-order valence-electron chi connectivity index (χ2n) is 7.99. The number of halogens is 4. The van der Waals surface area contributed by atoms with Gasteiger partial charge >= 0.3 is 5.97 Å². The zero-order chi connectivity index (χ0) is 25.8. The normalized spacial score (nSPS) is 13.1. The van der Waals surface area contributed by atoms with Crippen molar-refractivity contribution >= 4 is 70.2 Å². The van der Waals surface area contributed by atoms with Crippen molar-refractivity contribution in [3.63, 3.8) is 0 Å². The zero-order valence-electron chi connectivity index (χ0n) is 19.1. The number of anilines is 1. The van der Waals surface area contributed by atoms with Crippen LogP contribution in [0.1, 0.15) is 46.0 Å². The standard InChI is InChI=1S/C23H21ClF2N4O4S2.ClH/c24-19-4-3-17(35-19)20(31)27-10-13-2-1-12(23(33)34)7-16(13)28-21(32)22-29-15-5-6-30(11-18(15)36-22)14(8-25)9-26;/h1-4,7,14H,5-6,8-11H2,(H,27,31)(H,28,32)(H,33,34);1H. The van der Waals surface area contributed by atoms with Gasteiger partial charge in [0.25, 0.3) is 11.8 Å². The van der Waals surface area contributed by atoms with Gasteiger partial charge in [-0.15, -0.1) is 35.1 Å². The Labute approximate surface area is 230 Å². The first kappa shape index (κ1) is 28.9. The molecule has 37 heavy (non-hydrogen) atoms. The van der Waals surface area contributed by atoms with Gasteiger partial charge in [0.2, 0.25) is 0 Å². The molecule has 0 aliphatic carbocycles. The summed E-state index contributed by atoms with van der Waals surface area (Å²) in [6.45, 7) is -0.817. The van der Waals surface area contributed by atoms with Crippen LogP contribution < -0.4 is 10.6 Å². The number of alkyl halides is 2. The molecule has 0 radical (unpaired) electrons. The summed E-state index contributed by atoms with van der Waals surface area (Å²) >= 11 is 8.13. The van der Waals surface area contributed by atoms with Crippen LogP contribution in [0.15, 0.2) is 30.3 Å². The predicted octanol–water partition coefficient (Wildman–Crippen LogP) is 4.83. The first-order valence-electron chi connectivity index (χ1n) is 10.8. The van der Waals surface area contributed by atoms with Crippen LogP contribution in [0.4, 0.5) is 14.5 Å². The third-order valence-electron chi connectivity index (χ3n) is 5.67. The van der Waals surface area contributed by atoms with Gasteiger partial charge in [0.05, 0.1) is 26.5 Å². The largest absolute Gasteiger partial charge is 0.478 e. The second kappa shape index (κ2) is 12.7. The highest BCUT2D eigenvalue weighted by atomic mass is 35.5. The van der Waals surface area contributed by atoms with E-state index >= 15 is 0 Å². The minimum Gasteiger partial charge on any atom is -0.478 e. The molecule has 3 N–H and O–H groups in total. The Bertz CT molecular complexity index is 1300. The number of hydrogen-bond donors (Lipinski definition) is 3. The number of amides is 2. The summed E-state index contributed by atoms with van der Waals surface area (Å²) in [6, 6.07) is 6.58. The van der Waals surface area contributed by atoms with Crippen molar-refractivity contribution in [2.24, 2.45) is 0 Å². The quantitative estimate of drug-likeness (QED) is 0.329. The Hall–Kier alpha value is -2.64. The number of carbonyl (C=O) groups is 3. The molecule has 0 atom stereocenters. The van der Waals surface area contributed by atoms with E-state index in [-0.39, 0.29) is 41.1 Å². The molecule has 198 valence electrons. The minimum atomic E-state index is -1.17. The van der Waals surface area contributed by atoms with Crippen LogP contribution in [0.3, 0.4) is 0 Å². The Morgan fingerprint density at radius 3 is 2.54 bits per heavy atom. The number of thiophene rings is 1. The Morgan fingerprint density at radius 2 is 1.89 bits per heavy atom. The minimum absolute atomic E-state index is 0. The van der Waals surface area contributed by atoms with Crippen molar-refractivity contribution < 1.29 is 28.3 Å². The number of carboxylic acids is 1. The molecule has 2 amide bonds. The van der Waals surface area contributed by atoms with Gasteiger partial charge in [-0.25, -0.2) is 18.6 Å². The van der Waals surface area contributed by atoms with Gasteiger partial charge in [0.15, 0.2) is 5.01 Å². The molecule has 3 heterocycles. The smallest absolute Gasteiger partial charge is 0.335 e. The Balaban J connectivity index is 0.00000380. The number of carboxylic acid groups (broad SMARTS) is 1. The highest BCUT2D eigenvalue weighted by Crippen LogP contribution is 2.28. The van der Waals surface area contributed by atoms with Gasteiger partial charge in [-0.2, -0.15) is 0 Å². The van der Waals surface area contributed by atoms with Gasteiger partial charge in [-0.3, -0.25) is 14.5 Å². The van der Waals surface area contributed by atoms with Crippen molar-refractivity contribution in [1.82, 2.24) is 15.2 Å². The van der Waals surface area contributed by atoms with Gasteiger partial charge in [-0.1, -0.05) is 17.7 Å². The number of aromatic carboxylic acids is 1. The molecular weight excluding hydrogens is 569 g/mol. The van der Waals surface area contributed by atoms with Crippen LogP contribution in [0.25, 0.3) is 0 Å². The van der Waals surface area contributed by atoms with Crippen molar-refractivity contribution in [2.45, 2.75) is 25.6 Å². The van der Waals surface area contributed by atoms with Gasteiger partial charge in [-0.05, 0) is 29.8 Å². The van der Waals surface area contributed by atoms with E-state index in [0.29, 0.717) is 40.0 Å². The summed E-state index contributed by atoms with van der Waals surface area (Å²) < 4.78 is 26.7. The highest BCUT2D eigenvalue weighted by Gasteiger charge is 2.28. The van der Waals surface area contributed by atoms with Crippen molar-refractivity contribution in [3.8, 4) is 0 Å². The average Bonchev–Trinajstić information content (AvgIpc) is 3.49. The fraction of sp³-hybridized carbons (Fsp3) is 0.304. The van der Waals surface area contributed by atoms with Crippen LogP contribution in [-0.2, 0) is 19.5 Å². The number of thiazole rings is 1. The SMILES string of the molecule is Cl.O=C(O)c1ccc(CNC(=O)c2ccc(Cl)s2)c(NC(=O)c2nc3c(s2)CN(C(CF)CF)CC3)c1. The maximum Gasteiger partial charge on any atom is 0.335 e. The maximum absolute atomic E-state index is 13.1. The third-order valence-corrected chi connectivity index (χ3v) is 7.98. The number of nitrogens with one attached hydrogen (secondary N) is 2. The monoisotopic (exact) mass is 590 g/mol. The summed E-state index contributed by atoms with van der Waals surface area (Å²) in [6.07, 6.45) is 0.466. The molecule has 3 aromatic rings. The molecule has 1 aromatic carbocycles. The Morgan fingerprint density at radius 1 is 1.14 bits per heavy atom. The number of rotatable bonds is 9. The molecule has 0 bridgehead atoms. The van der Waals surface area contributed by atoms with Gasteiger partial charge in [0, 0.05) is 36.6 Å². The van der Waals surface area contributed by atoms with E-state index in [1.54, 1.807) is 17.0 Å². The number of fused-ring (bicyclic) bond motifs is 1. The van der Waals surface area contributed by atoms with Crippen molar-refractivity contribution in [3.05, 3.63) is 66.3 Å². The molecule has 2 aromatic heterocycles. The zero-order valence-corrected chi connectivity index (χ0v) is 22.3. The fourth-order valence-corrected chi connectivity index (χ4v) is 5.70. The number of carbonyl (C=O) groups excluding carboxylic acids is 2. The summed E-state index contributed by atoms with van der Waals surface area (Å²) in [5.41, 5.74) is 1.38. The number of benzene rings is 1.